The number of aliphatic hydroxyl groups excluding tert-OH is 1. The van der Waals surface area contributed by atoms with Crippen molar-refractivity contribution in [2.45, 2.75) is 6.04 Å². The quantitative estimate of drug-likeness (QED) is 0.543. The first kappa shape index (κ1) is 7.11. The maximum Gasteiger partial charge on any atom is 0.281 e. The highest BCUT2D eigenvalue weighted by Gasteiger charge is 2.08. The Bertz CT molecular complexity index is 209. The monoisotopic (exact) mass is 143 g/mol. The van der Waals surface area contributed by atoms with E-state index >= 15 is 0 Å². The molecular weight excluding hydrogens is 134 g/mol. The summed E-state index contributed by atoms with van der Waals surface area (Å²) < 4.78 is 4.71. The van der Waals surface area contributed by atoms with Crippen LogP contribution in [0, 0.1) is 0 Å². The van der Waals surface area contributed by atoms with Gasteiger partial charge in [-0.15, -0.1) is 0 Å². The van der Waals surface area contributed by atoms with Gasteiger partial charge in [0.15, 0.2) is 0 Å². The van der Waals surface area contributed by atoms with E-state index in [0.717, 1.165) is 0 Å². The van der Waals surface area contributed by atoms with Crippen LogP contribution < -0.4 is 5.73 Å². The first-order valence-electron chi connectivity index (χ1n) is 2.89. The lowest BCUT2D eigenvalue weighted by Gasteiger charge is -2.01. The summed E-state index contributed by atoms with van der Waals surface area (Å²) in [6, 6.07) is 2.36. The summed E-state index contributed by atoms with van der Waals surface area (Å²) in [6.45, 7) is -0.188. The largest absolute Gasteiger partial charge is 0.481 e. The predicted molar refractivity (Wildman–Crippen MR) is 34.4 cm³/mol. The van der Waals surface area contributed by atoms with Crippen LogP contribution in [0.3, 0.4) is 0 Å². The maximum atomic E-state index is 8.69. The molecule has 0 amide bonds. The molecule has 4 nitrogen and oxygen atoms in total. The van der Waals surface area contributed by atoms with E-state index in [1.54, 1.807) is 0 Å². The van der Waals surface area contributed by atoms with E-state index in [2.05, 4.69) is 0 Å². The Hall–Kier alpha value is -1.00. The molecule has 4 heteroatoms. The Kier molecular flexibility index (Phi) is 1.94. The summed E-state index contributed by atoms with van der Waals surface area (Å²) in [5, 5.41) is 17.2. The molecule has 0 aromatic carbocycles. The first-order valence-corrected chi connectivity index (χ1v) is 2.89. The topological polar surface area (TPSA) is 79.6 Å². The Morgan fingerprint density at radius 1 is 1.60 bits per heavy atom. The minimum absolute atomic E-state index is 0.182. The van der Waals surface area contributed by atoms with E-state index in [1.807, 2.05) is 0 Å². The molecule has 4 N–H and O–H groups in total. The van der Waals surface area contributed by atoms with Gasteiger partial charge in [0.25, 0.3) is 5.95 Å². The molecule has 0 bridgehead atoms. The van der Waals surface area contributed by atoms with E-state index in [0.29, 0.717) is 5.76 Å². The number of hydrogen-bond donors (Lipinski definition) is 3. The number of aliphatic hydroxyl groups is 1. The van der Waals surface area contributed by atoms with Crippen LogP contribution in [0.5, 0.6) is 5.95 Å². The normalized spacial score (nSPS) is 13.4. The number of furan rings is 1. The lowest BCUT2D eigenvalue weighted by Crippen LogP contribution is -2.13. The maximum absolute atomic E-state index is 8.69. The highest BCUT2D eigenvalue weighted by molar-refractivity contribution is 5.12. The number of nitrogens with two attached hydrogens (primary N) is 1. The summed E-state index contributed by atoms with van der Waals surface area (Å²) in [5.74, 6) is 0.207. The fraction of sp³-hybridized carbons (Fsp3) is 0.333. The first-order chi connectivity index (χ1) is 4.74. The van der Waals surface area contributed by atoms with Crippen molar-refractivity contribution >= 4 is 0 Å². The van der Waals surface area contributed by atoms with Gasteiger partial charge in [-0.25, -0.2) is 0 Å². The van der Waals surface area contributed by atoms with Crippen LogP contribution in [-0.4, -0.2) is 16.8 Å². The lowest BCUT2D eigenvalue weighted by molar-refractivity contribution is 0.239. The SMILES string of the molecule is N[C@@H](CO)c1ccc(O)o1. The van der Waals surface area contributed by atoms with Gasteiger partial charge in [-0.3, -0.25) is 0 Å². The van der Waals surface area contributed by atoms with Gasteiger partial charge < -0.3 is 20.4 Å². The van der Waals surface area contributed by atoms with Crippen LogP contribution in [0.2, 0.25) is 0 Å². The second-order valence-electron chi connectivity index (χ2n) is 1.97. The molecule has 1 aromatic rings. The molecule has 0 saturated heterocycles. The molecule has 1 aromatic heterocycles. The third kappa shape index (κ3) is 1.29. The van der Waals surface area contributed by atoms with Gasteiger partial charge in [-0.05, 0) is 6.07 Å². The van der Waals surface area contributed by atoms with Gasteiger partial charge in [0.2, 0.25) is 0 Å². The molecule has 0 radical (unpaired) electrons. The van der Waals surface area contributed by atoms with Gasteiger partial charge in [0, 0.05) is 6.07 Å². The molecule has 0 aliphatic heterocycles. The van der Waals surface area contributed by atoms with E-state index in [4.69, 9.17) is 20.4 Å². The second kappa shape index (κ2) is 2.72. The molecule has 0 saturated carbocycles. The number of hydrogen-bond acceptors (Lipinski definition) is 4. The summed E-state index contributed by atoms with van der Waals surface area (Å²) in [6.07, 6.45) is 0. The lowest BCUT2D eigenvalue weighted by atomic mass is 10.2. The average molecular weight is 143 g/mol. The molecule has 0 spiro atoms. The molecule has 0 fully saturated rings. The number of rotatable bonds is 2. The van der Waals surface area contributed by atoms with E-state index in [-0.39, 0.29) is 12.6 Å². The van der Waals surface area contributed by atoms with Crippen molar-refractivity contribution < 1.29 is 14.6 Å². The van der Waals surface area contributed by atoms with Gasteiger partial charge in [-0.2, -0.15) is 0 Å². The summed E-state index contributed by atoms with van der Waals surface area (Å²) in [7, 11) is 0. The third-order valence-corrected chi connectivity index (χ3v) is 1.17. The van der Waals surface area contributed by atoms with Crippen LogP contribution in [0.1, 0.15) is 11.8 Å². The standard InChI is InChI=1S/C6H9NO3/c7-4(3-8)5-1-2-6(9)10-5/h1-2,4,8-9H,3,7H2/t4-/m0/s1. The van der Waals surface area contributed by atoms with Crippen molar-refractivity contribution in [1.82, 2.24) is 0 Å². The third-order valence-electron chi connectivity index (χ3n) is 1.17. The van der Waals surface area contributed by atoms with Gasteiger partial charge in [0.05, 0.1) is 12.6 Å². The summed E-state index contributed by atoms with van der Waals surface area (Å²) >= 11 is 0. The van der Waals surface area contributed by atoms with Crippen LogP contribution in [0.4, 0.5) is 0 Å². The van der Waals surface area contributed by atoms with Crippen molar-refractivity contribution in [2.75, 3.05) is 6.61 Å². The summed E-state index contributed by atoms with van der Waals surface area (Å²) in [4.78, 5) is 0. The van der Waals surface area contributed by atoms with E-state index < -0.39 is 6.04 Å². The minimum Gasteiger partial charge on any atom is -0.481 e. The van der Waals surface area contributed by atoms with E-state index in [1.165, 1.54) is 12.1 Å². The Labute approximate surface area is 57.9 Å². The van der Waals surface area contributed by atoms with E-state index in [9.17, 15) is 0 Å². The molecule has 1 atom stereocenters. The molecule has 1 rings (SSSR count). The van der Waals surface area contributed by atoms with Gasteiger partial charge in [0.1, 0.15) is 5.76 Å². The average Bonchev–Trinajstić information content (AvgIpc) is 2.34. The van der Waals surface area contributed by atoms with Crippen molar-refractivity contribution in [2.24, 2.45) is 5.73 Å². The molecule has 56 valence electrons. The van der Waals surface area contributed by atoms with Crippen LogP contribution in [-0.2, 0) is 0 Å². The second-order valence-corrected chi connectivity index (χ2v) is 1.97. The van der Waals surface area contributed by atoms with Crippen molar-refractivity contribution in [1.29, 1.82) is 0 Å². The van der Waals surface area contributed by atoms with Crippen molar-refractivity contribution in [3.63, 3.8) is 0 Å². The van der Waals surface area contributed by atoms with Gasteiger partial charge >= 0.3 is 0 Å². The zero-order chi connectivity index (χ0) is 7.56. The molecule has 0 aliphatic carbocycles. The van der Waals surface area contributed by atoms with Crippen LogP contribution in [0.25, 0.3) is 0 Å². The zero-order valence-electron chi connectivity index (χ0n) is 5.32. The van der Waals surface area contributed by atoms with Crippen LogP contribution >= 0.6 is 0 Å². The fourth-order valence-corrected chi connectivity index (χ4v) is 0.631. The Morgan fingerprint density at radius 3 is 2.70 bits per heavy atom. The Balaban J connectivity index is 2.74. The minimum atomic E-state index is -0.541. The number of aromatic hydroxyl groups is 1. The predicted octanol–water partition coefficient (Wildman–Crippen LogP) is -0.0227. The van der Waals surface area contributed by atoms with Crippen molar-refractivity contribution in [3.05, 3.63) is 17.9 Å². The van der Waals surface area contributed by atoms with Gasteiger partial charge in [-0.1, -0.05) is 0 Å². The molecular formula is C6H9NO3. The fourth-order valence-electron chi connectivity index (χ4n) is 0.631. The highest BCUT2D eigenvalue weighted by Crippen LogP contribution is 2.17. The highest BCUT2D eigenvalue weighted by atomic mass is 16.5. The Morgan fingerprint density at radius 2 is 2.30 bits per heavy atom. The molecule has 0 aliphatic rings. The summed E-state index contributed by atoms with van der Waals surface area (Å²) in [5.41, 5.74) is 5.35. The molecule has 1 heterocycles. The smallest absolute Gasteiger partial charge is 0.281 e. The zero-order valence-corrected chi connectivity index (χ0v) is 5.32. The van der Waals surface area contributed by atoms with Crippen LogP contribution in [0.15, 0.2) is 16.5 Å². The molecule has 10 heavy (non-hydrogen) atoms. The molecule has 0 unspecified atom stereocenters. The van der Waals surface area contributed by atoms with Crippen molar-refractivity contribution in [3.8, 4) is 5.95 Å².